The molecule has 0 aliphatic heterocycles. The highest BCUT2D eigenvalue weighted by molar-refractivity contribution is 7.98. The molecule has 0 radical (unpaired) electrons. The summed E-state index contributed by atoms with van der Waals surface area (Å²) < 4.78 is 6.29. The van der Waals surface area contributed by atoms with E-state index in [1.54, 1.807) is 7.11 Å². The summed E-state index contributed by atoms with van der Waals surface area (Å²) in [6.07, 6.45) is 4.18. The van der Waals surface area contributed by atoms with Crippen LogP contribution in [0.1, 0.15) is 22.5 Å². The SMILES string of the molecule is COc1cccc2sc(C(=O)NCCCCSC)c(N)c12. The summed E-state index contributed by atoms with van der Waals surface area (Å²) in [7, 11) is 1.61. The highest BCUT2D eigenvalue weighted by Gasteiger charge is 2.18. The molecule has 1 amide bonds. The van der Waals surface area contributed by atoms with Gasteiger partial charge in [0, 0.05) is 11.2 Å². The number of anilines is 1. The van der Waals surface area contributed by atoms with Crippen molar-refractivity contribution in [1.82, 2.24) is 5.32 Å². The van der Waals surface area contributed by atoms with Crippen LogP contribution >= 0.6 is 23.1 Å². The van der Waals surface area contributed by atoms with E-state index in [0.29, 0.717) is 22.9 Å². The van der Waals surface area contributed by atoms with Gasteiger partial charge in [-0.25, -0.2) is 0 Å². The van der Waals surface area contributed by atoms with Gasteiger partial charge in [0.15, 0.2) is 0 Å². The molecule has 0 aliphatic carbocycles. The minimum absolute atomic E-state index is 0.0973. The Labute approximate surface area is 133 Å². The lowest BCUT2D eigenvalue weighted by molar-refractivity contribution is 0.0958. The summed E-state index contributed by atoms with van der Waals surface area (Å²) in [6, 6.07) is 5.71. The van der Waals surface area contributed by atoms with E-state index < -0.39 is 0 Å². The maximum Gasteiger partial charge on any atom is 0.263 e. The molecule has 1 aromatic heterocycles. The number of thioether (sulfide) groups is 1. The summed E-state index contributed by atoms with van der Waals surface area (Å²) in [4.78, 5) is 12.8. The second kappa shape index (κ2) is 7.56. The van der Waals surface area contributed by atoms with Crippen molar-refractivity contribution < 1.29 is 9.53 Å². The van der Waals surface area contributed by atoms with Crippen LogP contribution in [0, 0.1) is 0 Å². The first-order valence-corrected chi connectivity index (χ1v) is 9.02. The van der Waals surface area contributed by atoms with Crippen LogP contribution in [0.3, 0.4) is 0 Å². The molecule has 2 rings (SSSR count). The van der Waals surface area contributed by atoms with Crippen LogP contribution < -0.4 is 15.8 Å². The highest BCUT2D eigenvalue weighted by atomic mass is 32.2. The van der Waals surface area contributed by atoms with E-state index in [4.69, 9.17) is 10.5 Å². The largest absolute Gasteiger partial charge is 0.496 e. The first kappa shape index (κ1) is 16.0. The monoisotopic (exact) mass is 324 g/mol. The summed E-state index contributed by atoms with van der Waals surface area (Å²) in [5.74, 6) is 1.73. The normalized spacial score (nSPS) is 10.8. The van der Waals surface area contributed by atoms with Crippen LogP contribution in [-0.4, -0.2) is 31.6 Å². The Morgan fingerprint density at radius 3 is 2.95 bits per heavy atom. The minimum Gasteiger partial charge on any atom is -0.496 e. The maximum atomic E-state index is 12.2. The van der Waals surface area contributed by atoms with Crippen LogP contribution in [-0.2, 0) is 0 Å². The summed E-state index contributed by atoms with van der Waals surface area (Å²) >= 11 is 3.23. The van der Waals surface area contributed by atoms with Crippen molar-refractivity contribution in [2.24, 2.45) is 0 Å². The predicted molar refractivity (Wildman–Crippen MR) is 92.7 cm³/mol. The van der Waals surface area contributed by atoms with Crippen molar-refractivity contribution in [2.45, 2.75) is 12.8 Å². The number of hydrogen-bond acceptors (Lipinski definition) is 5. The van der Waals surface area contributed by atoms with Gasteiger partial charge < -0.3 is 15.8 Å². The van der Waals surface area contributed by atoms with Crippen LogP contribution in [0.5, 0.6) is 5.75 Å². The predicted octanol–water partition coefficient (Wildman–Crippen LogP) is 3.37. The van der Waals surface area contributed by atoms with Gasteiger partial charge >= 0.3 is 0 Å². The third-order valence-corrected chi connectivity index (χ3v) is 5.07. The number of nitrogen functional groups attached to an aromatic ring is 1. The molecule has 6 heteroatoms. The number of fused-ring (bicyclic) bond motifs is 1. The number of amides is 1. The molecular weight excluding hydrogens is 304 g/mol. The molecule has 0 fully saturated rings. The van der Waals surface area contributed by atoms with Gasteiger partial charge in [0.25, 0.3) is 5.91 Å². The fourth-order valence-electron chi connectivity index (χ4n) is 2.13. The second-order valence-electron chi connectivity index (χ2n) is 4.63. The number of ether oxygens (including phenoxy) is 1. The fraction of sp³-hybridized carbons (Fsp3) is 0.400. The van der Waals surface area contributed by atoms with E-state index in [1.165, 1.54) is 11.3 Å². The lowest BCUT2D eigenvalue weighted by Crippen LogP contribution is -2.24. The lowest BCUT2D eigenvalue weighted by atomic mass is 10.2. The Bertz CT molecular complexity index is 625. The Kier molecular flexibility index (Phi) is 5.76. The van der Waals surface area contributed by atoms with Gasteiger partial charge in [-0.3, -0.25) is 4.79 Å². The van der Waals surface area contributed by atoms with Gasteiger partial charge in [0.05, 0.1) is 18.2 Å². The molecule has 0 unspecified atom stereocenters. The van der Waals surface area contributed by atoms with Crippen molar-refractivity contribution in [3.05, 3.63) is 23.1 Å². The lowest BCUT2D eigenvalue weighted by Gasteiger charge is -2.04. The van der Waals surface area contributed by atoms with E-state index in [9.17, 15) is 4.79 Å². The van der Waals surface area contributed by atoms with Crippen LogP contribution in [0.2, 0.25) is 0 Å². The molecular formula is C15H20N2O2S2. The summed E-state index contributed by atoms with van der Waals surface area (Å²) in [6.45, 7) is 0.685. The van der Waals surface area contributed by atoms with Crippen molar-refractivity contribution in [3.63, 3.8) is 0 Å². The van der Waals surface area contributed by atoms with E-state index in [0.717, 1.165) is 28.7 Å². The summed E-state index contributed by atoms with van der Waals surface area (Å²) in [5, 5.41) is 3.77. The number of carbonyl (C=O) groups is 1. The molecule has 0 saturated carbocycles. The number of benzene rings is 1. The Balaban J connectivity index is 2.11. The number of nitrogens with two attached hydrogens (primary N) is 1. The number of rotatable bonds is 7. The molecule has 0 aliphatic rings. The van der Waals surface area contributed by atoms with E-state index in [-0.39, 0.29) is 5.91 Å². The number of methoxy groups -OCH3 is 1. The van der Waals surface area contributed by atoms with Gasteiger partial charge in [-0.1, -0.05) is 6.07 Å². The van der Waals surface area contributed by atoms with Crippen molar-refractivity contribution >= 4 is 44.8 Å². The topological polar surface area (TPSA) is 64.3 Å². The number of carbonyl (C=O) groups excluding carboxylic acids is 1. The number of hydrogen-bond donors (Lipinski definition) is 2. The molecule has 2 aromatic rings. The van der Waals surface area contributed by atoms with Crippen molar-refractivity contribution in [3.8, 4) is 5.75 Å². The smallest absolute Gasteiger partial charge is 0.263 e. The van der Waals surface area contributed by atoms with E-state index >= 15 is 0 Å². The molecule has 0 bridgehead atoms. The highest BCUT2D eigenvalue weighted by Crippen LogP contribution is 2.39. The molecule has 21 heavy (non-hydrogen) atoms. The third kappa shape index (κ3) is 3.63. The maximum absolute atomic E-state index is 12.2. The fourth-order valence-corrected chi connectivity index (χ4v) is 3.68. The van der Waals surface area contributed by atoms with Gasteiger partial charge in [-0.2, -0.15) is 11.8 Å². The first-order chi connectivity index (χ1) is 10.2. The van der Waals surface area contributed by atoms with Crippen molar-refractivity contribution in [2.75, 3.05) is 31.4 Å². The number of nitrogens with one attached hydrogen (secondary N) is 1. The molecule has 1 aromatic carbocycles. The zero-order valence-corrected chi connectivity index (χ0v) is 13.9. The first-order valence-electron chi connectivity index (χ1n) is 6.81. The van der Waals surface area contributed by atoms with Gasteiger partial charge in [0.2, 0.25) is 0 Å². The van der Waals surface area contributed by atoms with Gasteiger partial charge in [0.1, 0.15) is 10.6 Å². The van der Waals surface area contributed by atoms with E-state index in [2.05, 4.69) is 11.6 Å². The van der Waals surface area contributed by atoms with Gasteiger partial charge in [-0.15, -0.1) is 11.3 Å². The Morgan fingerprint density at radius 2 is 2.24 bits per heavy atom. The zero-order valence-electron chi connectivity index (χ0n) is 12.3. The van der Waals surface area contributed by atoms with Crippen LogP contribution in [0.4, 0.5) is 5.69 Å². The molecule has 1 heterocycles. The van der Waals surface area contributed by atoms with Gasteiger partial charge in [-0.05, 0) is 37.0 Å². The van der Waals surface area contributed by atoms with E-state index in [1.807, 2.05) is 30.0 Å². The quantitative estimate of drug-likeness (QED) is 0.767. The third-order valence-electron chi connectivity index (χ3n) is 3.20. The number of thiophene rings is 1. The molecule has 0 atom stereocenters. The van der Waals surface area contributed by atoms with Crippen molar-refractivity contribution in [1.29, 1.82) is 0 Å². The zero-order chi connectivity index (χ0) is 15.2. The molecule has 3 N–H and O–H groups in total. The average Bonchev–Trinajstić information content (AvgIpc) is 2.84. The number of unbranched alkanes of at least 4 members (excludes halogenated alkanes) is 1. The minimum atomic E-state index is -0.0973. The Morgan fingerprint density at radius 1 is 1.43 bits per heavy atom. The molecule has 4 nitrogen and oxygen atoms in total. The Hall–Kier alpha value is -1.40. The second-order valence-corrected chi connectivity index (χ2v) is 6.67. The van der Waals surface area contributed by atoms with Crippen LogP contribution in [0.15, 0.2) is 18.2 Å². The van der Waals surface area contributed by atoms with Crippen LogP contribution in [0.25, 0.3) is 10.1 Å². The summed E-state index contributed by atoms with van der Waals surface area (Å²) in [5.41, 5.74) is 6.64. The molecule has 114 valence electrons. The molecule has 0 saturated heterocycles. The standard InChI is InChI=1S/C15H20N2O2S2/c1-19-10-6-5-7-11-12(10)13(16)14(21-11)15(18)17-8-3-4-9-20-2/h5-7H,3-4,8-9,16H2,1-2H3,(H,17,18). The molecule has 0 spiro atoms. The average molecular weight is 324 g/mol.